The zero-order valence-corrected chi connectivity index (χ0v) is 16.0. The highest BCUT2D eigenvalue weighted by atomic mass is 19.1. The molecule has 4 rings (SSSR count). The van der Waals surface area contributed by atoms with E-state index in [-0.39, 0.29) is 11.4 Å². The van der Waals surface area contributed by atoms with Gasteiger partial charge < -0.3 is 4.74 Å². The second-order valence-electron chi connectivity index (χ2n) is 8.03. The van der Waals surface area contributed by atoms with Gasteiger partial charge in [0.15, 0.2) is 0 Å². The Morgan fingerprint density at radius 1 is 1.11 bits per heavy atom. The number of likely N-dealkylation sites (tertiary alicyclic amines) is 1. The number of benzene rings is 1. The molecule has 27 heavy (non-hydrogen) atoms. The Morgan fingerprint density at radius 3 is 2.52 bits per heavy atom. The van der Waals surface area contributed by atoms with Crippen LogP contribution in [0.15, 0.2) is 48.8 Å². The average molecular weight is 369 g/mol. The third kappa shape index (κ3) is 4.54. The van der Waals surface area contributed by atoms with E-state index in [9.17, 15) is 4.39 Å². The molecule has 0 aliphatic carbocycles. The number of halogens is 1. The van der Waals surface area contributed by atoms with Crippen molar-refractivity contribution >= 4 is 0 Å². The van der Waals surface area contributed by atoms with Gasteiger partial charge in [0.1, 0.15) is 5.82 Å². The van der Waals surface area contributed by atoms with Crippen molar-refractivity contribution in [2.75, 3.05) is 26.7 Å². The highest BCUT2D eigenvalue weighted by Gasteiger charge is 2.43. The van der Waals surface area contributed by atoms with Crippen molar-refractivity contribution in [3.05, 3.63) is 65.7 Å². The maximum Gasteiger partial charge on any atom is 0.123 e. The summed E-state index contributed by atoms with van der Waals surface area (Å²) in [4.78, 5) is 8.96. The number of hydrogen-bond acceptors (Lipinski definition) is 4. The maximum atomic E-state index is 13.1. The van der Waals surface area contributed by atoms with Crippen LogP contribution in [0.1, 0.15) is 30.4 Å². The molecule has 2 aliphatic rings. The van der Waals surface area contributed by atoms with Gasteiger partial charge in [-0.3, -0.25) is 14.8 Å². The number of likely N-dealkylation sites (N-methyl/N-ethyl adjacent to an activating group) is 1. The molecule has 0 bridgehead atoms. The number of pyridine rings is 1. The molecule has 1 atom stereocenters. The minimum absolute atomic E-state index is 0.0382. The first-order chi connectivity index (χ1) is 13.1. The van der Waals surface area contributed by atoms with E-state index in [0.29, 0.717) is 6.04 Å². The van der Waals surface area contributed by atoms with Crippen LogP contribution in [-0.4, -0.2) is 53.2 Å². The topological polar surface area (TPSA) is 28.6 Å². The molecule has 1 aromatic carbocycles. The van der Waals surface area contributed by atoms with E-state index in [1.54, 1.807) is 12.1 Å². The molecule has 0 N–H and O–H groups in total. The summed E-state index contributed by atoms with van der Waals surface area (Å²) >= 11 is 0. The second kappa shape index (κ2) is 8.05. The summed E-state index contributed by atoms with van der Waals surface area (Å²) < 4.78 is 19.4. The number of hydrogen-bond donors (Lipinski definition) is 0. The molecule has 144 valence electrons. The van der Waals surface area contributed by atoms with E-state index in [1.165, 1.54) is 11.1 Å². The first-order valence-corrected chi connectivity index (χ1v) is 9.82. The van der Waals surface area contributed by atoms with Crippen LogP contribution >= 0.6 is 0 Å². The third-order valence-corrected chi connectivity index (χ3v) is 6.08. The number of ether oxygens (including phenoxy) is 1. The molecule has 1 spiro atoms. The van der Waals surface area contributed by atoms with Crippen LogP contribution in [0.4, 0.5) is 4.39 Å². The molecule has 1 aromatic heterocycles. The van der Waals surface area contributed by atoms with Gasteiger partial charge >= 0.3 is 0 Å². The lowest BCUT2D eigenvalue weighted by Crippen LogP contribution is -2.44. The SMILES string of the molecule is CN(Cc1ccncc1)[C@H]1COC2(CCN(Cc3ccc(F)cc3)CC2)C1. The monoisotopic (exact) mass is 369 g/mol. The van der Waals surface area contributed by atoms with Gasteiger partial charge in [-0.05, 0) is 61.7 Å². The molecule has 5 heteroatoms. The quantitative estimate of drug-likeness (QED) is 0.807. The lowest BCUT2D eigenvalue weighted by atomic mass is 9.87. The molecule has 0 amide bonds. The van der Waals surface area contributed by atoms with Gasteiger partial charge in [-0.15, -0.1) is 0 Å². The first-order valence-electron chi connectivity index (χ1n) is 9.82. The molecule has 3 heterocycles. The van der Waals surface area contributed by atoms with Crippen LogP contribution in [0, 0.1) is 5.82 Å². The Labute approximate surface area is 161 Å². The van der Waals surface area contributed by atoms with Gasteiger partial charge in [0.2, 0.25) is 0 Å². The molecular weight excluding hydrogens is 341 g/mol. The van der Waals surface area contributed by atoms with Crippen molar-refractivity contribution in [1.82, 2.24) is 14.8 Å². The smallest absolute Gasteiger partial charge is 0.123 e. The van der Waals surface area contributed by atoms with Gasteiger partial charge in [0.25, 0.3) is 0 Å². The fraction of sp³-hybridized carbons (Fsp3) is 0.500. The molecule has 0 unspecified atom stereocenters. The summed E-state index contributed by atoms with van der Waals surface area (Å²) in [5, 5.41) is 0. The zero-order chi connectivity index (χ0) is 18.7. The molecule has 4 nitrogen and oxygen atoms in total. The Hall–Kier alpha value is -1.82. The minimum atomic E-state index is -0.169. The summed E-state index contributed by atoms with van der Waals surface area (Å²) in [7, 11) is 2.19. The fourth-order valence-corrected chi connectivity index (χ4v) is 4.32. The van der Waals surface area contributed by atoms with Crippen LogP contribution < -0.4 is 0 Å². The Bertz CT molecular complexity index is 729. The molecular formula is C22H28FN3O. The number of nitrogens with zero attached hydrogens (tertiary/aromatic N) is 3. The molecule has 2 fully saturated rings. The second-order valence-corrected chi connectivity index (χ2v) is 8.03. The fourth-order valence-electron chi connectivity index (χ4n) is 4.32. The Morgan fingerprint density at radius 2 is 1.81 bits per heavy atom. The van der Waals surface area contributed by atoms with E-state index in [4.69, 9.17) is 4.74 Å². The number of aromatic nitrogens is 1. The average Bonchev–Trinajstić information content (AvgIpc) is 3.10. The lowest BCUT2D eigenvalue weighted by molar-refractivity contribution is -0.0452. The normalized spacial score (nSPS) is 22.6. The van der Waals surface area contributed by atoms with Gasteiger partial charge in [-0.25, -0.2) is 4.39 Å². The molecule has 2 aliphatic heterocycles. The standard InChI is InChI=1S/C22H28FN3O/c1-25(15-19-6-10-24-11-7-19)21-14-22(27-17-21)8-12-26(13-9-22)16-18-2-4-20(23)5-3-18/h2-7,10-11,21H,8-9,12-17H2,1H3/t21-/m1/s1. The van der Waals surface area contributed by atoms with E-state index in [2.05, 4.69) is 34.0 Å². The maximum absolute atomic E-state index is 13.1. The summed E-state index contributed by atoms with van der Waals surface area (Å²) in [5.74, 6) is -0.169. The zero-order valence-electron chi connectivity index (χ0n) is 16.0. The van der Waals surface area contributed by atoms with Gasteiger partial charge in [-0.1, -0.05) is 12.1 Å². The van der Waals surface area contributed by atoms with E-state index >= 15 is 0 Å². The van der Waals surface area contributed by atoms with Crippen molar-refractivity contribution in [2.24, 2.45) is 0 Å². The van der Waals surface area contributed by atoms with Crippen LogP contribution in [0.5, 0.6) is 0 Å². The van der Waals surface area contributed by atoms with Crippen LogP contribution in [0.2, 0.25) is 0 Å². The van der Waals surface area contributed by atoms with Crippen LogP contribution in [-0.2, 0) is 17.8 Å². The predicted octanol–water partition coefficient (Wildman–Crippen LogP) is 3.48. The van der Waals surface area contributed by atoms with Crippen molar-refractivity contribution in [3.8, 4) is 0 Å². The predicted molar refractivity (Wildman–Crippen MR) is 104 cm³/mol. The van der Waals surface area contributed by atoms with E-state index in [1.807, 2.05) is 24.5 Å². The van der Waals surface area contributed by atoms with Gasteiger partial charge in [0, 0.05) is 44.6 Å². The molecule has 2 saturated heterocycles. The summed E-state index contributed by atoms with van der Waals surface area (Å²) in [6.45, 7) is 4.72. The minimum Gasteiger partial charge on any atom is -0.373 e. The van der Waals surface area contributed by atoms with Gasteiger partial charge in [0.05, 0.1) is 12.2 Å². The largest absolute Gasteiger partial charge is 0.373 e. The molecule has 2 aromatic rings. The Kier molecular flexibility index (Phi) is 5.53. The molecule has 0 saturated carbocycles. The van der Waals surface area contributed by atoms with Crippen molar-refractivity contribution in [3.63, 3.8) is 0 Å². The Balaban J connectivity index is 1.28. The van der Waals surface area contributed by atoms with Gasteiger partial charge in [-0.2, -0.15) is 0 Å². The third-order valence-electron chi connectivity index (χ3n) is 6.08. The summed E-state index contributed by atoms with van der Waals surface area (Å²) in [6.07, 6.45) is 6.97. The highest BCUT2D eigenvalue weighted by Crippen LogP contribution is 2.38. The highest BCUT2D eigenvalue weighted by molar-refractivity contribution is 5.16. The van der Waals surface area contributed by atoms with Crippen molar-refractivity contribution in [2.45, 2.75) is 44.0 Å². The van der Waals surface area contributed by atoms with Crippen molar-refractivity contribution in [1.29, 1.82) is 0 Å². The van der Waals surface area contributed by atoms with Crippen LogP contribution in [0.3, 0.4) is 0 Å². The van der Waals surface area contributed by atoms with Crippen LogP contribution in [0.25, 0.3) is 0 Å². The first kappa shape index (κ1) is 18.5. The lowest BCUT2D eigenvalue weighted by Gasteiger charge is -2.39. The van der Waals surface area contributed by atoms with E-state index in [0.717, 1.165) is 52.0 Å². The summed E-state index contributed by atoms with van der Waals surface area (Å²) in [5.41, 5.74) is 2.51. The van der Waals surface area contributed by atoms with E-state index < -0.39 is 0 Å². The number of piperidine rings is 1. The number of rotatable bonds is 5. The van der Waals surface area contributed by atoms with Crippen molar-refractivity contribution < 1.29 is 9.13 Å². The molecule has 0 radical (unpaired) electrons. The summed E-state index contributed by atoms with van der Waals surface area (Å²) in [6, 6.07) is 11.5.